The predicted octanol–water partition coefficient (Wildman–Crippen LogP) is 0.497. The molecule has 7 heteroatoms. The van der Waals surface area contributed by atoms with E-state index in [4.69, 9.17) is 5.21 Å². The molecule has 1 heterocycles. The number of carbonyl (C=O) groups is 1. The number of aromatic nitrogens is 1. The number of nitrogens with zero attached hydrogens (tertiary/aromatic N) is 2. The van der Waals surface area contributed by atoms with E-state index in [1.54, 1.807) is 13.0 Å². The number of aliphatic imine (C=N–C) groups is 1. The molecule has 0 aliphatic heterocycles. The minimum absolute atomic E-state index is 0.272. The Kier molecular flexibility index (Phi) is 4.41. The molecule has 0 saturated heterocycles. The number of urea groups is 1. The number of aryl methyl sites for hydroxylation is 1. The van der Waals surface area contributed by atoms with E-state index in [0.29, 0.717) is 11.4 Å². The molecule has 1 rings (SSSR count). The average Bonchev–Trinajstić information content (AvgIpc) is 2.33. The van der Waals surface area contributed by atoms with Crippen molar-refractivity contribution in [3.8, 4) is 0 Å². The van der Waals surface area contributed by atoms with Gasteiger partial charge in [0.05, 0.1) is 11.9 Å². The van der Waals surface area contributed by atoms with Gasteiger partial charge in [0.25, 0.3) is 0 Å². The van der Waals surface area contributed by atoms with E-state index in [1.807, 2.05) is 5.48 Å². The number of rotatable bonds is 2. The molecule has 0 aliphatic rings. The van der Waals surface area contributed by atoms with Gasteiger partial charge >= 0.3 is 6.03 Å². The second-order valence-corrected chi connectivity index (χ2v) is 3.28. The Hall–Kier alpha value is -2.15. The summed E-state index contributed by atoms with van der Waals surface area (Å²) in [6, 6.07) is 1.42. The molecule has 1 aromatic heterocycles. The summed E-state index contributed by atoms with van der Waals surface area (Å²) in [6.45, 7) is 1.81. The fourth-order valence-electron chi connectivity index (χ4n) is 1.29. The van der Waals surface area contributed by atoms with Gasteiger partial charge in [0.15, 0.2) is 5.84 Å². The number of hydroxylamine groups is 1. The first-order valence-electron chi connectivity index (χ1n) is 4.95. The first-order chi connectivity index (χ1) is 8.12. The van der Waals surface area contributed by atoms with Crippen molar-refractivity contribution >= 4 is 17.6 Å². The molecule has 4 N–H and O–H groups in total. The molecule has 92 valence electrons. The summed E-state index contributed by atoms with van der Waals surface area (Å²) in [4.78, 5) is 19.0. The van der Waals surface area contributed by atoms with E-state index in [0.717, 1.165) is 5.56 Å². The molecule has 0 fully saturated rings. The van der Waals surface area contributed by atoms with Gasteiger partial charge in [-0.2, -0.15) is 0 Å². The molecule has 0 aromatic carbocycles. The van der Waals surface area contributed by atoms with Crippen LogP contribution in [0.3, 0.4) is 0 Å². The highest BCUT2D eigenvalue weighted by molar-refractivity contribution is 5.98. The molecule has 0 aliphatic carbocycles. The van der Waals surface area contributed by atoms with Gasteiger partial charge in [0, 0.05) is 14.1 Å². The van der Waals surface area contributed by atoms with Crippen LogP contribution in [0.25, 0.3) is 0 Å². The van der Waals surface area contributed by atoms with Gasteiger partial charge < -0.3 is 10.6 Å². The molecule has 7 nitrogen and oxygen atoms in total. The van der Waals surface area contributed by atoms with Crippen molar-refractivity contribution in [1.29, 1.82) is 0 Å². The number of pyridine rings is 1. The number of anilines is 1. The largest absolute Gasteiger partial charge is 0.341 e. The molecule has 17 heavy (non-hydrogen) atoms. The summed E-state index contributed by atoms with van der Waals surface area (Å²) in [7, 11) is 3.07. The van der Waals surface area contributed by atoms with Gasteiger partial charge in [-0.1, -0.05) is 0 Å². The zero-order valence-electron chi connectivity index (χ0n) is 9.90. The van der Waals surface area contributed by atoms with E-state index < -0.39 is 0 Å². The maximum atomic E-state index is 11.1. The van der Waals surface area contributed by atoms with Crippen molar-refractivity contribution in [1.82, 2.24) is 15.8 Å². The molecular formula is C10H15N5O2. The highest BCUT2D eigenvalue weighted by Crippen LogP contribution is 2.12. The molecule has 0 spiro atoms. The molecule has 2 amide bonds. The Balaban J connectivity index is 2.97. The van der Waals surface area contributed by atoms with Crippen LogP contribution in [-0.4, -0.2) is 36.2 Å². The highest BCUT2D eigenvalue weighted by atomic mass is 16.5. The summed E-state index contributed by atoms with van der Waals surface area (Å²) in [5, 5.41) is 13.9. The third-order valence-electron chi connectivity index (χ3n) is 2.12. The van der Waals surface area contributed by atoms with Crippen molar-refractivity contribution in [3.05, 3.63) is 23.5 Å². The molecule has 0 bridgehead atoms. The summed E-state index contributed by atoms with van der Waals surface area (Å²) >= 11 is 0. The third-order valence-corrected chi connectivity index (χ3v) is 2.12. The van der Waals surface area contributed by atoms with Crippen molar-refractivity contribution in [3.63, 3.8) is 0 Å². The molecule has 0 saturated carbocycles. The predicted molar refractivity (Wildman–Crippen MR) is 64.4 cm³/mol. The van der Waals surface area contributed by atoms with Crippen LogP contribution in [0.4, 0.5) is 10.5 Å². The first kappa shape index (κ1) is 12.9. The Labute approximate surface area is 98.9 Å². The van der Waals surface area contributed by atoms with Crippen LogP contribution in [0.15, 0.2) is 17.3 Å². The zero-order valence-corrected chi connectivity index (χ0v) is 9.90. The Morgan fingerprint density at radius 3 is 2.71 bits per heavy atom. The van der Waals surface area contributed by atoms with Crippen molar-refractivity contribution < 1.29 is 10.0 Å². The lowest BCUT2D eigenvalue weighted by molar-refractivity contribution is 0.234. The van der Waals surface area contributed by atoms with E-state index in [-0.39, 0.29) is 11.9 Å². The van der Waals surface area contributed by atoms with Crippen molar-refractivity contribution in [2.75, 3.05) is 19.4 Å². The summed E-state index contributed by atoms with van der Waals surface area (Å²) in [5.41, 5.74) is 3.84. The van der Waals surface area contributed by atoms with E-state index in [2.05, 4.69) is 20.6 Å². The lowest BCUT2D eigenvalue weighted by Gasteiger charge is -2.09. The first-order valence-corrected chi connectivity index (χ1v) is 4.95. The van der Waals surface area contributed by atoms with Crippen LogP contribution in [0.1, 0.15) is 11.3 Å². The van der Waals surface area contributed by atoms with Crippen molar-refractivity contribution in [2.24, 2.45) is 4.99 Å². The van der Waals surface area contributed by atoms with Crippen LogP contribution in [-0.2, 0) is 0 Å². The smallest absolute Gasteiger partial charge is 0.319 e. The number of hydrogen-bond acceptors (Lipinski definition) is 4. The zero-order chi connectivity index (χ0) is 12.8. The Morgan fingerprint density at radius 1 is 1.53 bits per heavy atom. The second-order valence-electron chi connectivity index (χ2n) is 3.28. The fraction of sp³-hybridized carbons (Fsp3) is 0.300. The second kappa shape index (κ2) is 5.80. The van der Waals surface area contributed by atoms with Gasteiger partial charge in [-0.15, -0.1) is 0 Å². The fourth-order valence-corrected chi connectivity index (χ4v) is 1.29. The minimum atomic E-state index is -0.316. The monoisotopic (exact) mass is 237 g/mol. The Bertz CT molecular complexity index is 444. The van der Waals surface area contributed by atoms with Gasteiger partial charge in [-0.3, -0.25) is 20.7 Å². The third kappa shape index (κ3) is 3.15. The van der Waals surface area contributed by atoms with Gasteiger partial charge in [0.2, 0.25) is 0 Å². The number of carbonyl (C=O) groups excluding carboxylic acids is 1. The molecule has 0 radical (unpaired) electrons. The highest BCUT2D eigenvalue weighted by Gasteiger charge is 2.08. The topological polar surface area (TPSA) is 98.6 Å². The van der Waals surface area contributed by atoms with Gasteiger partial charge in [-0.05, 0) is 18.6 Å². The molecule has 1 aromatic rings. The van der Waals surface area contributed by atoms with Gasteiger partial charge in [0.1, 0.15) is 5.69 Å². The number of amides is 2. The molecule has 0 atom stereocenters. The van der Waals surface area contributed by atoms with Crippen molar-refractivity contribution in [2.45, 2.75) is 6.92 Å². The SMILES string of the molecule is CN=C(NO)c1ncc(NC(=O)NC)cc1C. The Morgan fingerprint density at radius 2 is 2.24 bits per heavy atom. The standard InChI is InChI=1S/C10H15N5O2/c1-6-4-7(14-10(16)12-3)5-13-8(6)9(11-2)15-17/h4-5,17H,1-3H3,(H,11,15)(H2,12,14,16). The van der Waals surface area contributed by atoms with Crippen LogP contribution < -0.4 is 16.1 Å². The van der Waals surface area contributed by atoms with Gasteiger partial charge in [-0.25, -0.2) is 4.79 Å². The maximum Gasteiger partial charge on any atom is 0.319 e. The minimum Gasteiger partial charge on any atom is -0.341 e. The summed E-state index contributed by atoms with van der Waals surface area (Å²) in [5.74, 6) is 0.272. The van der Waals surface area contributed by atoms with E-state index in [1.165, 1.54) is 20.3 Å². The summed E-state index contributed by atoms with van der Waals surface area (Å²) < 4.78 is 0. The lowest BCUT2D eigenvalue weighted by atomic mass is 10.2. The number of nitrogens with one attached hydrogen (secondary N) is 3. The van der Waals surface area contributed by atoms with Crippen LogP contribution >= 0.6 is 0 Å². The van der Waals surface area contributed by atoms with E-state index in [9.17, 15) is 4.79 Å². The summed E-state index contributed by atoms with van der Waals surface area (Å²) in [6.07, 6.45) is 1.49. The average molecular weight is 237 g/mol. The number of amidine groups is 1. The normalized spacial score (nSPS) is 10.9. The van der Waals surface area contributed by atoms with Crippen LogP contribution in [0.5, 0.6) is 0 Å². The van der Waals surface area contributed by atoms with Crippen LogP contribution in [0, 0.1) is 6.92 Å². The quantitative estimate of drug-likeness (QED) is 0.342. The van der Waals surface area contributed by atoms with Crippen LogP contribution in [0.2, 0.25) is 0 Å². The maximum absolute atomic E-state index is 11.1. The number of hydrogen-bond donors (Lipinski definition) is 4. The lowest BCUT2D eigenvalue weighted by Crippen LogP contribution is -2.25. The molecular weight excluding hydrogens is 222 g/mol. The van der Waals surface area contributed by atoms with E-state index >= 15 is 0 Å². The molecule has 0 unspecified atom stereocenters.